The van der Waals surface area contributed by atoms with Crippen LogP contribution in [0.2, 0.25) is 0 Å². The van der Waals surface area contributed by atoms with Crippen molar-refractivity contribution in [3.8, 4) is 5.75 Å². The smallest absolute Gasteiger partial charge is 0.256 e. The van der Waals surface area contributed by atoms with Crippen molar-refractivity contribution in [1.82, 2.24) is 4.90 Å². The Labute approximate surface area is 216 Å². The predicted molar refractivity (Wildman–Crippen MR) is 146 cm³/mol. The number of ether oxygens (including phenoxy) is 1. The van der Waals surface area contributed by atoms with Crippen molar-refractivity contribution in [3.63, 3.8) is 0 Å². The van der Waals surface area contributed by atoms with Crippen LogP contribution in [0.15, 0.2) is 42.5 Å². The van der Waals surface area contributed by atoms with E-state index in [2.05, 4.69) is 31.0 Å². The lowest BCUT2D eigenvalue weighted by Crippen LogP contribution is -2.48. The number of anilines is 2. The highest BCUT2D eigenvalue weighted by atomic mass is 16.5. The molecule has 1 atom stereocenters. The average Bonchev–Trinajstić information content (AvgIpc) is 2.89. The molecule has 4 rings (SSSR count). The molecule has 2 amide bonds. The number of piperidine rings is 1. The largest absolute Gasteiger partial charge is 0.488 e. The molecule has 194 valence electrons. The second kappa shape index (κ2) is 10.5. The van der Waals surface area contributed by atoms with Crippen molar-refractivity contribution in [1.29, 1.82) is 0 Å². The zero-order valence-electron chi connectivity index (χ0n) is 22.6. The number of hydrogen-bond acceptors (Lipinski definition) is 4. The van der Waals surface area contributed by atoms with E-state index in [-0.39, 0.29) is 23.3 Å². The number of fused-ring (bicyclic) bond motifs is 1. The van der Waals surface area contributed by atoms with Crippen LogP contribution in [0.4, 0.5) is 11.4 Å². The molecule has 0 aromatic heterocycles. The number of rotatable bonds is 6. The van der Waals surface area contributed by atoms with Crippen molar-refractivity contribution in [3.05, 3.63) is 53.6 Å². The molecule has 0 aliphatic carbocycles. The first-order chi connectivity index (χ1) is 17.0. The van der Waals surface area contributed by atoms with Crippen LogP contribution in [0, 0.1) is 11.8 Å². The van der Waals surface area contributed by atoms with Crippen molar-refractivity contribution >= 4 is 23.2 Å². The molecule has 2 aliphatic heterocycles. The normalized spacial score (nSPS) is 19.2. The molecule has 2 aromatic carbocycles. The maximum Gasteiger partial charge on any atom is 0.256 e. The quantitative estimate of drug-likeness (QED) is 0.558. The second-order valence-corrected chi connectivity index (χ2v) is 11.8. The molecule has 2 aromatic rings. The Balaban J connectivity index is 1.60. The third-order valence-electron chi connectivity index (χ3n) is 6.92. The maximum atomic E-state index is 13.9. The van der Waals surface area contributed by atoms with Crippen molar-refractivity contribution < 1.29 is 14.3 Å². The van der Waals surface area contributed by atoms with Crippen LogP contribution >= 0.6 is 0 Å². The Bertz CT molecular complexity index is 1080. The van der Waals surface area contributed by atoms with Gasteiger partial charge in [-0.3, -0.25) is 9.59 Å². The molecule has 0 radical (unpaired) electrons. The Kier molecular flexibility index (Phi) is 7.62. The summed E-state index contributed by atoms with van der Waals surface area (Å²) in [6.45, 7) is 15.0. The molecule has 6 heteroatoms. The van der Waals surface area contributed by atoms with Crippen molar-refractivity contribution in [2.75, 3.05) is 29.9 Å². The zero-order chi connectivity index (χ0) is 26.0. The number of hydrogen-bond donors (Lipinski definition) is 1. The summed E-state index contributed by atoms with van der Waals surface area (Å²) in [5, 5.41) is 3.06. The first-order valence-electron chi connectivity index (χ1n) is 13.3. The highest BCUT2D eigenvalue weighted by Gasteiger charge is 2.36. The molecule has 36 heavy (non-hydrogen) atoms. The molecule has 1 saturated heterocycles. The fourth-order valence-corrected chi connectivity index (χ4v) is 5.01. The molecule has 6 nitrogen and oxygen atoms in total. The first kappa shape index (κ1) is 26.1. The van der Waals surface area contributed by atoms with Crippen LogP contribution in [0.25, 0.3) is 0 Å². The van der Waals surface area contributed by atoms with Crippen LogP contribution in [-0.4, -0.2) is 48.0 Å². The van der Waals surface area contributed by atoms with Crippen molar-refractivity contribution in [2.24, 2.45) is 11.8 Å². The SMILES string of the molecule is CC(C)CN1C(=O)c2cc(N3CCC(C)CC3)ccc2NC(=O)[C@@H]1Cc1ccc(OC(C)(C)C)cc1. The van der Waals surface area contributed by atoms with Gasteiger partial charge >= 0.3 is 0 Å². The minimum Gasteiger partial charge on any atom is -0.488 e. The fourth-order valence-electron chi connectivity index (χ4n) is 5.01. The monoisotopic (exact) mass is 491 g/mol. The lowest BCUT2D eigenvalue weighted by molar-refractivity contribution is -0.120. The van der Waals surface area contributed by atoms with Crippen LogP contribution in [0.1, 0.15) is 70.3 Å². The zero-order valence-corrected chi connectivity index (χ0v) is 22.6. The van der Waals surface area contributed by atoms with E-state index >= 15 is 0 Å². The number of nitrogens with zero attached hydrogens (tertiary/aromatic N) is 2. The summed E-state index contributed by atoms with van der Waals surface area (Å²) in [7, 11) is 0. The van der Waals surface area contributed by atoms with E-state index in [4.69, 9.17) is 4.74 Å². The van der Waals surface area contributed by atoms with Gasteiger partial charge in [-0.15, -0.1) is 0 Å². The highest BCUT2D eigenvalue weighted by molar-refractivity contribution is 6.10. The Morgan fingerprint density at radius 3 is 2.31 bits per heavy atom. The maximum absolute atomic E-state index is 13.9. The predicted octanol–water partition coefficient (Wildman–Crippen LogP) is 5.76. The minimum atomic E-state index is -0.582. The standard InChI is InChI=1S/C30H41N3O3/c1-20(2)19-33-27(17-22-7-10-24(11-8-22)36-30(4,5)6)28(34)31-26-12-9-23(18-25(26)29(33)35)32-15-13-21(3)14-16-32/h7-12,18,20-21,27H,13-17,19H2,1-6H3,(H,31,34)/t27-/m0/s1. The molecular formula is C30H41N3O3. The Morgan fingerprint density at radius 2 is 1.69 bits per heavy atom. The van der Waals surface area contributed by atoms with Crippen LogP contribution in [0.5, 0.6) is 5.75 Å². The van der Waals surface area contributed by atoms with Gasteiger partial charge in [0.2, 0.25) is 5.91 Å². The Morgan fingerprint density at radius 1 is 1.03 bits per heavy atom. The van der Waals surface area contributed by atoms with Gasteiger partial charge in [0, 0.05) is 31.7 Å². The second-order valence-electron chi connectivity index (χ2n) is 11.8. The summed E-state index contributed by atoms with van der Waals surface area (Å²) >= 11 is 0. The number of nitrogens with one attached hydrogen (secondary N) is 1. The van der Waals surface area contributed by atoms with Crippen molar-refractivity contribution in [2.45, 2.75) is 72.4 Å². The Hall–Kier alpha value is -3.02. The summed E-state index contributed by atoms with van der Waals surface area (Å²) in [5.74, 6) is 1.54. The number of carbonyl (C=O) groups is 2. The molecule has 0 spiro atoms. The van der Waals surface area contributed by atoms with E-state index in [1.54, 1.807) is 4.90 Å². The first-order valence-corrected chi connectivity index (χ1v) is 13.3. The summed E-state index contributed by atoms with van der Waals surface area (Å²) in [5.41, 5.74) is 2.95. The fraction of sp³-hybridized carbons (Fsp3) is 0.533. The van der Waals surface area contributed by atoms with Gasteiger partial charge in [0.05, 0.1) is 11.3 Å². The molecule has 0 bridgehead atoms. The molecule has 1 N–H and O–H groups in total. The van der Waals surface area contributed by atoms with E-state index in [0.717, 1.165) is 48.8 Å². The minimum absolute atomic E-state index is 0.0815. The van der Waals surface area contributed by atoms with E-state index in [0.29, 0.717) is 24.2 Å². The lowest BCUT2D eigenvalue weighted by Gasteiger charge is -2.33. The average molecular weight is 492 g/mol. The van der Waals surface area contributed by atoms with Gasteiger partial charge < -0.3 is 19.9 Å². The summed E-state index contributed by atoms with van der Waals surface area (Å²) in [4.78, 5) is 31.5. The summed E-state index contributed by atoms with van der Waals surface area (Å²) < 4.78 is 5.94. The molecule has 0 unspecified atom stereocenters. The van der Waals surface area contributed by atoms with E-state index < -0.39 is 6.04 Å². The van der Waals surface area contributed by atoms with Crippen LogP contribution in [-0.2, 0) is 11.2 Å². The number of benzene rings is 2. The van der Waals surface area contributed by atoms with E-state index in [1.165, 1.54) is 0 Å². The molecular weight excluding hydrogens is 450 g/mol. The molecule has 0 saturated carbocycles. The third kappa shape index (κ3) is 6.21. The lowest BCUT2D eigenvalue weighted by atomic mass is 9.98. The summed E-state index contributed by atoms with van der Waals surface area (Å²) in [6.07, 6.45) is 2.76. The van der Waals surface area contributed by atoms with Gasteiger partial charge in [0.15, 0.2) is 0 Å². The van der Waals surface area contributed by atoms with Gasteiger partial charge in [-0.2, -0.15) is 0 Å². The van der Waals surface area contributed by atoms with Gasteiger partial charge in [-0.05, 0) is 81.3 Å². The van der Waals surface area contributed by atoms with E-state index in [1.807, 2.05) is 63.2 Å². The van der Waals surface area contributed by atoms with Gasteiger partial charge in [-0.1, -0.05) is 32.9 Å². The summed E-state index contributed by atoms with van der Waals surface area (Å²) in [6, 6.07) is 13.2. The van der Waals surface area contributed by atoms with Gasteiger partial charge in [-0.25, -0.2) is 0 Å². The van der Waals surface area contributed by atoms with E-state index in [9.17, 15) is 9.59 Å². The topological polar surface area (TPSA) is 61.9 Å². The third-order valence-corrected chi connectivity index (χ3v) is 6.92. The number of carbonyl (C=O) groups excluding carboxylic acids is 2. The van der Waals surface area contributed by atoms with Crippen LogP contribution in [0.3, 0.4) is 0 Å². The highest BCUT2D eigenvalue weighted by Crippen LogP contribution is 2.31. The van der Waals surface area contributed by atoms with Gasteiger partial charge in [0.1, 0.15) is 17.4 Å². The van der Waals surface area contributed by atoms with Crippen LogP contribution < -0.4 is 15.0 Å². The molecule has 1 fully saturated rings. The molecule has 2 heterocycles. The van der Waals surface area contributed by atoms with Gasteiger partial charge in [0.25, 0.3) is 5.91 Å². The molecule has 2 aliphatic rings. The number of amides is 2.